The fourth-order valence-electron chi connectivity index (χ4n) is 2.92. The monoisotopic (exact) mass is 644 g/mol. The molecular formula is C22H24Cl2FeN5O10+2. The van der Waals surface area contributed by atoms with Crippen molar-refractivity contribution >= 4 is 5.91 Å². The van der Waals surface area contributed by atoms with Gasteiger partial charge in [-0.15, -0.1) is 20.5 Å². The van der Waals surface area contributed by atoms with Gasteiger partial charge in [-0.2, -0.15) is 0 Å². The van der Waals surface area contributed by atoms with Crippen molar-refractivity contribution in [3.05, 3.63) is 96.1 Å². The minimum atomic E-state index is -4.94. The molecule has 0 aliphatic heterocycles. The van der Waals surface area contributed by atoms with Crippen LogP contribution >= 0.6 is 0 Å². The first-order chi connectivity index (χ1) is 18.2. The SMILES string of the molecule is CC(NC(=O)CN(Cc1ccccn1)Cc1ccccn1)c1ccccc1.N#[O+].[Fe+3].[O-][Cl+3]([O-])([O-])[O-].[O-][Cl+3]([O-])([O-])[O-]. The molecular weight excluding hydrogens is 621 g/mol. The predicted molar refractivity (Wildman–Crippen MR) is 108 cm³/mol. The number of pyridine rings is 2. The van der Waals surface area contributed by atoms with Crippen LogP contribution in [0.25, 0.3) is 0 Å². The molecule has 0 aliphatic rings. The van der Waals surface area contributed by atoms with Crippen LogP contribution in [0.4, 0.5) is 0 Å². The zero-order valence-electron chi connectivity index (χ0n) is 20.7. The molecule has 0 spiro atoms. The summed E-state index contributed by atoms with van der Waals surface area (Å²) < 4.78 is 75.2. The Balaban J connectivity index is 0. The van der Waals surface area contributed by atoms with Crippen LogP contribution < -0.4 is 42.6 Å². The van der Waals surface area contributed by atoms with Gasteiger partial charge in [0.1, 0.15) is 0 Å². The number of aromatic nitrogens is 2. The van der Waals surface area contributed by atoms with E-state index < -0.39 is 20.5 Å². The Morgan fingerprint density at radius 2 is 1.18 bits per heavy atom. The molecule has 1 N–H and O–H groups in total. The number of benzene rings is 1. The molecule has 3 aromatic rings. The molecule has 0 saturated carbocycles. The van der Waals surface area contributed by atoms with Gasteiger partial charge in [-0.3, -0.25) is 19.7 Å². The number of halogens is 2. The standard InChI is InChI=1S/C22H24N4O.2ClHO4.Fe.NO/c1-18(19-9-3-2-4-10-19)25-22(27)17-26(15-20-11-5-7-13-23-20)16-21-12-6-8-14-24-21;2*2-1(3,4)5;;1-2/h2-14,18H,15-17H2,1H3,(H,25,27);2*(H,2,3,4,5);;/q;;;+3;+1/p-2. The van der Waals surface area contributed by atoms with Crippen molar-refractivity contribution in [1.82, 2.24) is 20.2 Å². The van der Waals surface area contributed by atoms with Gasteiger partial charge < -0.3 is 5.32 Å². The van der Waals surface area contributed by atoms with Gasteiger partial charge in [-0.25, -0.2) is 37.3 Å². The third-order valence-corrected chi connectivity index (χ3v) is 4.27. The first kappa shape index (κ1) is 39.5. The Hall–Kier alpha value is -2.60. The number of amides is 1. The molecule has 40 heavy (non-hydrogen) atoms. The largest absolute Gasteiger partial charge is 3.00 e. The molecule has 217 valence electrons. The van der Waals surface area contributed by atoms with E-state index in [1.165, 1.54) is 0 Å². The van der Waals surface area contributed by atoms with Crippen molar-refractivity contribution in [3.8, 4) is 0 Å². The van der Waals surface area contributed by atoms with Gasteiger partial charge in [0, 0.05) is 25.5 Å². The second kappa shape index (κ2) is 21.2. The molecule has 1 aromatic carbocycles. The van der Waals surface area contributed by atoms with E-state index >= 15 is 0 Å². The number of nitrogens with one attached hydrogen (secondary N) is 1. The first-order valence-corrected chi connectivity index (χ1v) is 13.0. The summed E-state index contributed by atoms with van der Waals surface area (Å²) in [6, 6.07) is 21.6. The van der Waals surface area contributed by atoms with Gasteiger partial charge in [-0.05, 0) is 36.8 Å². The molecule has 0 bridgehead atoms. The number of nitrogens with zero attached hydrogens (tertiary/aromatic N) is 4. The second-order valence-electron chi connectivity index (χ2n) is 7.24. The van der Waals surface area contributed by atoms with E-state index in [4.69, 9.17) is 47.5 Å². The number of rotatable bonds is 8. The van der Waals surface area contributed by atoms with Crippen molar-refractivity contribution in [3.63, 3.8) is 0 Å². The maximum absolute atomic E-state index is 12.6. The molecule has 0 fully saturated rings. The summed E-state index contributed by atoms with van der Waals surface area (Å²) in [5.41, 5.74) is 8.70. The molecule has 2 heterocycles. The van der Waals surface area contributed by atoms with Crippen LogP contribution in [0, 0.1) is 25.9 Å². The normalized spacial score (nSPS) is 11.1. The van der Waals surface area contributed by atoms with Crippen LogP contribution in [0.1, 0.15) is 29.9 Å². The third-order valence-electron chi connectivity index (χ3n) is 4.27. The Kier molecular flexibility index (Phi) is 20.9. The molecule has 1 radical (unpaired) electrons. The van der Waals surface area contributed by atoms with Crippen LogP contribution in [0.15, 0.2) is 79.1 Å². The number of hydrogen-bond donors (Lipinski definition) is 1. The van der Waals surface area contributed by atoms with E-state index in [1.807, 2.05) is 73.7 Å². The summed E-state index contributed by atoms with van der Waals surface area (Å²) in [6.45, 7) is 3.45. The van der Waals surface area contributed by atoms with Crippen molar-refractivity contribution < 1.29 is 84.4 Å². The summed E-state index contributed by atoms with van der Waals surface area (Å²) in [5.74, 6) is -0.0155. The van der Waals surface area contributed by atoms with Gasteiger partial charge >= 0.3 is 27.3 Å². The van der Waals surface area contributed by atoms with Crippen LogP contribution in [0.2, 0.25) is 0 Å². The van der Waals surface area contributed by atoms with Gasteiger partial charge in [0.25, 0.3) is 0 Å². The maximum atomic E-state index is 12.6. The third kappa shape index (κ3) is 24.4. The fraction of sp³-hybridized carbons (Fsp3) is 0.227. The Labute approximate surface area is 244 Å². The average Bonchev–Trinajstić information content (AvgIpc) is 2.85. The van der Waals surface area contributed by atoms with Crippen LogP contribution in [-0.2, 0) is 39.7 Å². The summed E-state index contributed by atoms with van der Waals surface area (Å²) in [7, 11) is -9.89. The summed E-state index contributed by atoms with van der Waals surface area (Å²) >= 11 is 0. The number of carbonyl (C=O) groups is 1. The summed E-state index contributed by atoms with van der Waals surface area (Å²) in [5, 5.41) is 3.08. The van der Waals surface area contributed by atoms with Gasteiger partial charge in [0.05, 0.1) is 24.0 Å². The molecule has 0 aliphatic carbocycles. The predicted octanol–water partition coefficient (Wildman–Crippen LogP) is -6.26. The average molecular weight is 645 g/mol. The van der Waals surface area contributed by atoms with Crippen molar-refractivity contribution in [1.29, 1.82) is 5.46 Å². The van der Waals surface area contributed by atoms with E-state index in [0.717, 1.165) is 17.0 Å². The topological polar surface area (TPSA) is 286 Å². The molecule has 1 amide bonds. The Morgan fingerprint density at radius 3 is 1.52 bits per heavy atom. The summed E-state index contributed by atoms with van der Waals surface area (Å²) in [4.78, 5) is 23.4. The number of carbonyl (C=O) groups excluding carboxylic acids is 1. The van der Waals surface area contributed by atoms with Gasteiger partial charge in [-0.1, -0.05) is 42.5 Å². The quantitative estimate of drug-likeness (QED) is 0.176. The van der Waals surface area contributed by atoms with Gasteiger partial charge in [0.15, 0.2) is 0 Å². The molecule has 2 aromatic heterocycles. The van der Waals surface area contributed by atoms with Crippen LogP contribution in [0.3, 0.4) is 0 Å². The van der Waals surface area contributed by atoms with Crippen molar-refractivity contribution in [2.75, 3.05) is 6.54 Å². The van der Waals surface area contributed by atoms with E-state index in [0.29, 0.717) is 13.1 Å². The molecule has 1 atom stereocenters. The maximum Gasteiger partial charge on any atom is 3.00 e. The van der Waals surface area contributed by atoms with Crippen LogP contribution in [0.5, 0.6) is 0 Å². The van der Waals surface area contributed by atoms with E-state index in [1.54, 1.807) is 12.4 Å². The summed E-state index contributed by atoms with van der Waals surface area (Å²) in [6.07, 6.45) is 3.54. The molecule has 15 nitrogen and oxygen atoms in total. The number of hydrogen-bond acceptors (Lipinski definition) is 13. The molecule has 3 rings (SSSR count). The van der Waals surface area contributed by atoms with Gasteiger partial charge in [0.2, 0.25) is 5.91 Å². The van der Waals surface area contributed by atoms with Crippen molar-refractivity contribution in [2.24, 2.45) is 0 Å². The second-order valence-corrected chi connectivity index (χ2v) is 8.75. The van der Waals surface area contributed by atoms with Crippen LogP contribution in [-0.4, -0.2) is 27.3 Å². The van der Waals surface area contributed by atoms with E-state index in [9.17, 15) is 4.79 Å². The Bertz CT molecular complexity index is 1010. The zero-order chi connectivity index (χ0) is 29.9. The smallest absolute Gasteiger partial charge is 0.222 e. The minimum absolute atomic E-state index is 0. The van der Waals surface area contributed by atoms with E-state index in [2.05, 4.69) is 20.2 Å². The molecule has 1 unspecified atom stereocenters. The first-order valence-electron chi connectivity index (χ1n) is 10.5. The Morgan fingerprint density at radius 1 is 0.800 bits per heavy atom. The fourth-order valence-corrected chi connectivity index (χ4v) is 2.92. The zero-order valence-corrected chi connectivity index (χ0v) is 23.3. The van der Waals surface area contributed by atoms with E-state index in [-0.39, 0.29) is 35.6 Å². The molecule has 0 saturated heterocycles. The minimum Gasteiger partial charge on any atom is -0.222 e. The van der Waals surface area contributed by atoms with Crippen molar-refractivity contribution in [2.45, 2.75) is 26.1 Å². The molecule has 18 heteroatoms.